The maximum Gasteiger partial charge on any atom is 0.261 e. The summed E-state index contributed by atoms with van der Waals surface area (Å²) in [6.45, 7) is 24.5. The van der Waals surface area contributed by atoms with Gasteiger partial charge in [0.2, 0.25) is 0 Å². The van der Waals surface area contributed by atoms with E-state index in [1.54, 1.807) is 6.92 Å². The Bertz CT molecular complexity index is 946. The number of carbonyl (C=O) groups is 1. The van der Waals surface area contributed by atoms with Gasteiger partial charge in [-0.2, -0.15) is 0 Å². The molecule has 3 nitrogen and oxygen atoms in total. The molecule has 5 heteroatoms. The summed E-state index contributed by atoms with van der Waals surface area (Å²) in [5.41, 5.74) is 0.645. The van der Waals surface area contributed by atoms with Gasteiger partial charge in [0, 0.05) is 19.1 Å². The summed E-state index contributed by atoms with van der Waals surface area (Å²) in [5.74, 6) is 0.0439. The summed E-state index contributed by atoms with van der Waals surface area (Å²) in [6, 6.07) is 21.5. The van der Waals surface area contributed by atoms with Gasteiger partial charge in [-0.15, -0.1) is 0 Å². The van der Waals surface area contributed by atoms with Crippen LogP contribution in [0.2, 0.25) is 23.2 Å². The second-order valence-corrected chi connectivity index (χ2v) is 21.6. The van der Waals surface area contributed by atoms with Crippen molar-refractivity contribution in [1.82, 2.24) is 0 Å². The molecule has 0 aromatic heterocycles. The van der Waals surface area contributed by atoms with Gasteiger partial charge >= 0.3 is 0 Å². The van der Waals surface area contributed by atoms with Gasteiger partial charge in [-0.25, -0.2) is 0 Å². The Balaban J connectivity index is 2.29. The van der Waals surface area contributed by atoms with Gasteiger partial charge in [0.15, 0.2) is 14.1 Å². The van der Waals surface area contributed by atoms with E-state index in [1.165, 1.54) is 10.4 Å². The second-order valence-electron chi connectivity index (χ2n) is 12.5. The first-order valence-corrected chi connectivity index (χ1v) is 18.0. The van der Waals surface area contributed by atoms with Crippen molar-refractivity contribution in [3.05, 3.63) is 72.8 Å². The number of carbonyl (C=O) groups excluding carboxylic acids is 1. The lowest BCUT2D eigenvalue weighted by Gasteiger charge is -2.43. The zero-order valence-corrected chi connectivity index (χ0v) is 26.1. The summed E-state index contributed by atoms with van der Waals surface area (Å²) in [4.78, 5) is 12.0. The van der Waals surface area contributed by atoms with Crippen LogP contribution < -0.4 is 10.4 Å². The molecule has 0 saturated heterocycles. The van der Waals surface area contributed by atoms with Gasteiger partial charge in [-0.3, -0.25) is 4.79 Å². The van der Waals surface area contributed by atoms with Gasteiger partial charge < -0.3 is 8.85 Å². The van der Waals surface area contributed by atoms with E-state index >= 15 is 0 Å². The molecule has 0 amide bonds. The molecule has 2 aromatic carbocycles. The number of hydrogen-bond acceptors (Lipinski definition) is 3. The number of Topliss-reactive ketones (excluding diaryl/α,β-unsaturated/α-hetero) is 1. The van der Waals surface area contributed by atoms with E-state index in [2.05, 4.69) is 122 Å². The van der Waals surface area contributed by atoms with E-state index in [9.17, 15) is 4.79 Å². The summed E-state index contributed by atoms with van der Waals surface area (Å²) in [5, 5.41) is 2.65. The first-order chi connectivity index (χ1) is 16.6. The molecule has 0 heterocycles. The summed E-state index contributed by atoms with van der Waals surface area (Å²) in [6.07, 6.45) is 2.28. The van der Waals surface area contributed by atoms with E-state index in [0.29, 0.717) is 18.6 Å². The predicted octanol–water partition coefficient (Wildman–Crippen LogP) is 7.27. The fourth-order valence-electron chi connectivity index (χ4n) is 4.51. The molecule has 0 unspecified atom stereocenters. The Morgan fingerprint density at radius 3 is 1.72 bits per heavy atom. The lowest BCUT2D eigenvalue weighted by molar-refractivity contribution is -0.113. The lowest BCUT2D eigenvalue weighted by Crippen LogP contribution is -2.66. The number of benzene rings is 2. The molecule has 198 valence electrons. The fraction of sp³-hybridized carbons (Fsp3) is 0.516. The van der Waals surface area contributed by atoms with Crippen LogP contribution in [0.1, 0.15) is 67.7 Å². The fourth-order valence-corrected chi connectivity index (χ4v) is 10.5. The first kappa shape index (κ1) is 30.4. The first-order valence-electron chi connectivity index (χ1n) is 13.2. The van der Waals surface area contributed by atoms with Crippen molar-refractivity contribution >= 4 is 32.8 Å². The normalized spacial score (nSPS) is 13.9. The SMILES string of the molecule is C=C(C[C@H](CCCO[Si](c1ccccc1)(c1ccccc1)C(C)(C)C)O[Si](C)(C)C(C)(C)C)C(C)=O. The molecular weight excluding hydrogens is 477 g/mol. The van der Waals surface area contributed by atoms with Crippen LogP contribution in [0.4, 0.5) is 0 Å². The molecule has 2 aromatic rings. The zero-order valence-electron chi connectivity index (χ0n) is 24.1. The van der Waals surface area contributed by atoms with Gasteiger partial charge in [-0.05, 0) is 58.9 Å². The minimum Gasteiger partial charge on any atom is -0.414 e. The maximum absolute atomic E-state index is 12.0. The Kier molecular flexibility index (Phi) is 10.3. The van der Waals surface area contributed by atoms with Crippen LogP contribution in [-0.2, 0) is 13.6 Å². The molecule has 0 fully saturated rings. The minimum absolute atomic E-state index is 0.0231. The van der Waals surface area contributed by atoms with Crippen molar-refractivity contribution in [1.29, 1.82) is 0 Å². The molecule has 1 atom stereocenters. The van der Waals surface area contributed by atoms with E-state index in [4.69, 9.17) is 8.85 Å². The van der Waals surface area contributed by atoms with E-state index in [0.717, 1.165) is 12.8 Å². The van der Waals surface area contributed by atoms with Crippen molar-refractivity contribution < 1.29 is 13.6 Å². The maximum atomic E-state index is 12.0. The number of hydrogen-bond donors (Lipinski definition) is 0. The molecule has 0 saturated carbocycles. The summed E-state index contributed by atoms with van der Waals surface area (Å²) in [7, 11) is -4.54. The van der Waals surface area contributed by atoms with Crippen molar-refractivity contribution in [3.8, 4) is 0 Å². The quantitative estimate of drug-likeness (QED) is 0.166. The van der Waals surface area contributed by atoms with Crippen LogP contribution in [0.5, 0.6) is 0 Å². The van der Waals surface area contributed by atoms with Crippen LogP contribution in [-0.4, -0.2) is 35.1 Å². The van der Waals surface area contributed by atoms with Gasteiger partial charge in [0.25, 0.3) is 8.32 Å². The molecule has 0 aliphatic heterocycles. The molecule has 0 spiro atoms. The second kappa shape index (κ2) is 12.2. The molecule has 0 radical (unpaired) electrons. The average molecular weight is 525 g/mol. The average Bonchev–Trinajstić information content (AvgIpc) is 2.78. The molecule has 0 aliphatic carbocycles. The molecule has 0 aliphatic rings. The van der Waals surface area contributed by atoms with Gasteiger partial charge in [0.1, 0.15) is 0 Å². The largest absolute Gasteiger partial charge is 0.414 e. The Hall–Kier alpha value is -1.80. The highest BCUT2D eigenvalue weighted by Gasteiger charge is 2.50. The van der Waals surface area contributed by atoms with E-state index < -0.39 is 16.6 Å². The molecular formula is C31H48O3Si2. The van der Waals surface area contributed by atoms with Crippen LogP contribution in [0.15, 0.2) is 72.8 Å². The smallest absolute Gasteiger partial charge is 0.261 e. The van der Waals surface area contributed by atoms with Crippen LogP contribution in [0.25, 0.3) is 0 Å². The van der Waals surface area contributed by atoms with Crippen LogP contribution in [0, 0.1) is 0 Å². The predicted molar refractivity (Wildman–Crippen MR) is 159 cm³/mol. The minimum atomic E-state index is -2.55. The highest BCUT2D eigenvalue weighted by molar-refractivity contribution is 6.99. The van der Waals surface area contributed by atoms with E-state index in [-0.39, 0.29) is 22.0 Å². The van der Waals surface area contributed by atoms with E-state index in [1.807, 2.05) is 0 Å². The van der Waals surface area contributed by atoms with Crippen LogP contribution in [0.3, 0.4) is 0 Å². The molecule has 0 N–H and O–H groups in total. The Morgan fingerprint density at radius 1 is 0.861 bits per heavy atom. The van der Waals surface area contributed by atoms with Crippen molar-refractivity contribution in [2.24, 2.45) is 0 Å². The van der Waals surface area contributed by atoms with Crippen LogP contribution >= 0.6 is 0 Å². The zero-order chi connectivity index (χ0) is 27.2. The lowest BCUT2D eigenvalue weighted by atomic mass is 10.0. The number of rotatable bonds is 12. The third-order valence-electron chi connectivity index (χ3n) is 7.65. The molecule has 36 heavy (non-hydrogen) atoms. The Morgan fingerprint density at radius 2 is 1.33 bits per heavy atom. The topological polar surface area (TPSA) is 35.5 Å². The molecule has 0 bridgehead atoms. The summed E-state index contributed by atoms with van der Waals surface area (Å²) >= 11 is 0. The standard InChI is InChI=1S/C31H48O3Si2/c1-25(26(2)32)24-27(34-35(9,10)30(3,4)5)18-17-23-33-36(31(6,7)8,28-19-13-11-14-20-28)29-21-15-12-16-22-29/h11-16,19-22,27H,1,17-18,23-24H2,2-10H3/t27-/m0/s1. The number of ketones is 1. The highest BCUT2D eigenvalue weighted by Crippen LogP contribution is 2.39. The Labute approximate surface area is 222 Å². The van der Waals surface area contributed by atoms with Crippen molar-refractivity contribution in [2.45, 2.75) is 97.0 Å². The summed E-state index contributed by atoms with van der Waals surface area (Å²) < 4.78 is 13.8. The van der Waals surface area contributed by atoms with Gasteiger partial charge in [0.05, 0.1) is 0 Å². The van der Waals surface area contributed by atoms with Crippen molar-refractivity contribution in [2.75, 3.05) is 6.61 Å². The monoisotopic (exact) mass is 524 g/mol. The van der Waals surface area contributed by atoms with Crippen molar-refractivity contribution in [3.63, 3.8) is 0 Å². The third kappa shape index (κ3) is 7.38. The highest BCUT2D eigenvalue weighted by atomic mass is 28.4. The third-order valence-corrected chi connectivity index (χ3v) is 17.2. The van der Waals surface area contributed by atoms with Gasteiger partial charge in [-0.1, -0.05) is 109 Å². The molecule has 2 rings (SSSR count).